The predicted octanol–water partition coefficient (Wildman–Crippen LogP) is 2.11. The molecule has 0 aromatic heterocycles. The largest absolute Gasteiger partial charge is 0.373 e. The highest BCUT2D eigenvalue weighted by Gasteiger charge is 2.07. The molecule has 76 valence electrons. The molecule has 0 aliphatic heterocycles. The summed E-state index contributed by atoms with van der Waals surface area (Å²) in [4.78, 5) is 0. The van der Waals surface area contributed by atoms with Crippen molar-refractivity contribution in [1.29, 1.82) is 0 Å². The molecule has 0 bridgehead atoms. The van der Waals surface area contributed by atoms with Crippen molar-refractivity contribution in [3.8, 4) is 0 Å². The van der Waals surface area contributed by atoms with Gasteiger partial charge in [0, 0.05) is 12.6 Å². The van der Waals surface area contributed by atoms with Crippen molar-refractivity contribution in [2.24, 2.45) is 0 Å². The third-order valence-corrected chi connectivity index (χ3v) is 2.20. The van der Waals surface area contributed by atoms with E-state index in [-0.39, 0.29) is 0 Å². The highest BCUT2D eigenvalue weighted by molar-refractivity contribution is 4.94. The van der Waals surface area contributed by atoms with Gasteiger partial charge in [0.05, 0.1) is 12.7 Å². The molecule has 1 rings (SSSR count). The standard InChI is InChI=1S/C11H21NO/c1-10(2)12-8-9-13-11-6-4-3-5-7-11/h4,6,10-12H,3,5,7-9H2,1-2H3. The molecule has 0 radical (unpaired) electrons. The summed E-state index contributed by atoms with van der Waals surface area (Å²) in [5.74, 6) is 0. The van der Waals surface area contributed by atoms with Gasteiger partial charge < -0.3 is 10.1 Å². The Morgan fingerprint density at radius 2 is 2.38 bits per heavy atom. The van der Waals surface area contributed by atoms with Gasteiger partial charge in [-0.05, 0) is 19.3 Å². The van der Waals surface area contributed by atoms with Gasteiger partial charge >= 0.3 is 0 Å². The second-order valence-corrected chi connectivity index (χ2v) is 3.88. The molecule has 0 fully saturated rings. The van der Waals surface area contributed by atoms with Gasteiger partial charge in [-0.3, -0.25) is 0 Å². The number of ether oxygens (including phenoxy) is 1. The van der Waals surface area contributed by atoms with Crippen LogP contribution in [-0.4, -0.2) is 25.3 Å². The van der Waals surface area contributed by atoms with Crippen molar-refractivity contribution in [2.75, 3.05) is 13.2 Å². The summed E-state index contributed by atoms with van der Waals surface area (Å²) < 4.78 is 5.68. The molecule has 1 N–H and O–H groups in total. The molecule has 2 nitrogen and oxygen atoms in total. The van der Waals surface area contributed by atoms with E-state index in [4.69, 9.17) is 4.74 Å². The fourth-order valence-corrected chi connectivity index (χ4v) is 1.48. The summed E-state index contributed by atoms with van der Waals surface area (Å²) in [5, 5.41) is 3.34. The second-order valence-electron chi connectivity index (χ2n) is 3.88. The molecule has 0 saturated carbocycles. The molecule has 13 heavy (non-hydrogen) atoms. The first kappa shape index (κ1) is 10.7. The Bertz CT molecular complexity index is 154. The summed E-state index contributed by atoms with van der Waals surface area (Å²) >= 11 is 0. The van der Waals surface area contributed by atoms with E-state index < -0.39 is 0 Å². The second kappa shape index (κ2) is 6.17. The zero-order valence-corrected chi connectivity index (χ0v) is 8.75. The van der Waals surface area contributed by atoms with Crippen LogP contribution in [0.15, 0.2) is 12.2 Å². The number of nitrogens with one attached hydrogen (secondary N) is 1. The van der Waals surface area contributed by atoms with Crippen LogP contribution >= 0.6 is 0 Å². The van der Waals surface area contributed by atoms with Crippen molar-refractivity contribution in [3.05, 3.63) is 12.2 Å². The van der Waals surface area contributed by atoms with E-state index in [0.717, 1.165) is 13.2 Å². The minimum Gasteiger partial charge on any atom is -0.373 e. The Kier molecular flexibility index (Phi) is 5.09. The van der Waals surface area contributed by atoms with Crippen molar-refractivity contribution in [1.82, 2.24) is 5.32 Å². The van der Waals surface area contributed by atoms with E-state index in [0.29, 0.717) is 12.1 Å². The fraction of sp³-hybridized carbons (Fsp3) is 0.818. The number of hydrogen-bond donors (Lipinski definition) is 1. The Balaban J connectivity index is 1.98. The maximum atomic E-state index is 5.68. The van der Waals surface area contributed by atoms with Gasteiger partial charge in [0.15, 0.2) is 0 Å². The van der Waals surface area contributed by atoms with Crippen LogP contribution in [0.2, 0.25) is 0 Å². The lowest BCUT2D eigenvalue weighted by molar-refractivity contribution is 0.0763. The average Bonchev–Trinajstić information content (AvgIpc) is 2.14. The first-order valence-corrected chi connectivity index (χ1v) is 5.30. The van der Waals surface area contributed by atoms with Gasteiger partial charge in [-0.2, -0.15) is 0 Å². The summed E-state index contributed by atoms with van der Waals surface area (Å²) in [6.07, 6.45) is 8.49. The van der Waals surface area contributed by atoms with Gasteiger partial charge in [-0.15, -0.1) is 0 Å². The molecule has 1 aliphatic carbocycles. The van der Waals surface area contributed by atoms with Crippen molar-refractivity contribution in [2.45, 2.75) is 45.3 Å². The van der Waals surface area contributed by atoms with Crippen LogP contribution in [0.5, 0.6) is 0 Å². The van der Waals surface area contributed by atoms with Crippen molar-refractivity contribution >= 4 is 0 Å². The van der Waals surface area contributed by atoms with Gasteiger partial charge in [-0.25, -0.2) is 0 Å². The molecular formula is C11H21NO. The summed E-state index contributed by atoms with van der Waals surface area (Å²) in [7, 11) is 0. The Morgan fingerprint density at radius 1 is 1.54 bits per heavy atom. The van der Waals surface area contributed by atoms with Crippen LogP contribution in [0.4, 0.5) is 0 Å². The normalized spacial score (nSPS) is 22.5. The first-order chi connectivity index (χ1) is 6.29. The number of hydrogen-bond acceptors (Lipinski definition) is 2. The molecule has 0 aromatic rings. The zero-order valence-electron chi connectivity index (χ0n) is 8.75. The lowest BCUT2D eigenvalue weighted by Gasteiger charge is -2.17. The molecule has 2 heteroatoms. The Morgan fingerprint density at radius 3 is 3.00 bits per heavy atom. The lowest BCUT2D eigenvalue weighted by atomic mass is 10.1. The molecule has 0 aromatic carbocycles. The summed E-state index contributed by atoms with van der Waals surface area (Å²) in [6, 6.07) is 0.561. The van der Waals surface area contributed by atoms with Crippen LogP contribution in [0, 0.1) is 0 Å². The van der Waals surface area contributed by atoms with E-state index >= 15 is 0 Å². The average molecular weight is 183 g/mol. The van der Waals surface area contributed by atoms with E-state index in [2.05, 4.69) is 31.3 Å². The molecule has 1 unspecified atom stereocenters. The lowest BCUT2D eigenvalue weighted by Crippen LogP contribution is -2.28. The number of allylic oxidation sites excluding steroid dienone is 1. The Labute approximate surface area is 81.4 Å². The highest BCUT2D eigenvalue weighted by Crippen LogP contribution is 2.12. The summed E-state index contributed by atoms with van der Waals surface area (Å²) in [6.45, 7) is 6.09. The predicted molar refractivity (Wildman–Crippen MR) is 55.9 cm³/mol. The fourth-order valence-electron chi connectivity index (χ4n) is 1.48. The molecule has 1 atom stereocenters. The third-order valence-electron chi connectivity index (χ3n) is 2.20. The van der Waals surface area contributed by atoms with E-state index in [1.165, 1.54) is 19.3 Å². The smallest absolute Gasteiger partial charge is 0.0756 e. The van der Waals surface area contributed by atoms with Crippen LogP contribution < -0.4 is 5.32 Å². The van der Waals surface area contributed by atoms with Gasteiger partial charge in [0.2, 0.25) is 0 Å². The SMILES string of the molecule is CC(C)NCCOC1C=CCCC1. The van der Waals surface area contributed by atoms with Gasteiger partial charge in [0.1, 0.15) is 0 Å². The molecule has 1 aliphatic rings. The maximum Gasteiger partial charge on any atom is 0.0756 e. The Hall–Kier alpha value is -0.340. The van der Waals surface area contributed by atoms with Gasteiger partial charge in [0.25, 0.3) is 0 Å². The summed E-state index contributed by atoms with van der Waals surface area (Å²) in [5.41, 5.74) is 0. The van der Waals surface area contributed by atoms with E-state index in [1.807, 2.05) is 0 Å². The van der Waals surface area contributed by atoms with Crippen molar-refractivity contribution in [3.63, 3.8) is 0 Å². The third kappa shape index (κ3) is 5.06. The minimum absolute atomic E-state index is 0.378. The number of rotatable bonds is 5. The zero-order chi connectivity index (χ0) is 9.52. The van der Waals surface area contributed by atoms with Crippen LogP contribution in [0.25, 0.3) is 0 Å². The monoisotopic (exact) mass is 183 g/mol. The molecule has 0 spiro atoms. The quantitative estimate of drug-likeness (QED) is 0.520. The van der Waals surface area contributed by atoms with Gasteiger partial charge in [-0.1, -0.05) is 26.0 Å². The first-order valence-electron chi connectivity index (χ1n) is 5.30. The highest BCUT2D eigenvalue weighted by atomic mass is 16.5. The molecule has 0 saturated heterocycles. The van der Waals surface area contributed by atoms with Crippen LogP contribution in [0.3, 0.4) is 0 Å². The van der Waals surface area contributed by atoms with Crippen LogP contribution in [-0.2, 0) is 4.74 Å². The van der Waals surface area contributed by atoms with Crippen molar-refractivity contribution < 1.29 is 4.74 Å². The maximum absolute atomic E-state index is 5.68. The molecule has 0 heterocycles. The van der Waals surface area contributed by atoms with Crippen LogP contribution in [0.1, 0.15) is 33.1 Å². The topological polar surface area (TPSA) is 21.3 Å². The van der Waals surface area contributed by atoms with E-state index in [9.17, 15) is 0 Å². The minimum atomic E-state index is 0.378. The van der Waals surface area contributed by atoms with E-state index in [1.54, 1.807) is 0 Å². The molecule has 0 amide bonds. The molecular weight excluding hydrogens is 162 g/mol.